The Hall–Kier alpha value is -5.20. The van der Waals surface area contributed by atoms with E-state index in [1.807, 2.05) is 0 Å². The molecular formula is C43H32. The van der Waals surface area contributed by atoms with Gasteiger partial charge in [-0.1, -0.05) is 151 Å². The van der Waals surface area contributed by atoms with Crippen molar-refractivity contribution in [2.45, 2.75) is 19.3 Å². The highest BCUT2D eigenvalue weighted by Gasteiger charge is 2.15. The van der Waals surface area contributed by atoms with Crippen LogP contribution in [0.1, 0.15) is 57.9 Å². The van der Waals surface area contributed by atoms with Gasteiger partial charge < -0.3 is 0 Å². The fourth-order valence-corrected chi connectivity index (χ4v) is 5.14. The first-order valence-electron chi connectivity index (χ1n) is 26.2. The van der Waals surface area contributed by atoms with Crippen molar-refractivity contribution in [2.75, 3.05) is 0 Å². The van der Waals surface area contributed by atoms with Gasteiger partial charge in [-0.3, -0.25) is 0 Å². The van der Waals surface area contributed by atoms with Crippen LogP contribution in [-0.4, -0.2) is 0 Å². The normalized spacial score (nSPS) is 20.0. The van der Waals surface area contributed by atoms with Crippen LogP contribution in [-0.2, 0) is 19.3 Å². The van der Waals surface area contributed by atoms with Crippen LogP contribution in [0.15, 0.2) is 157 Å². The highest BCUT2D eigenvalue weighted by molar-refractivity contribution is 6.06. The molecule has 0 bridgehead atoms. The molecule has 204 valence electrons. The molecule has 0 saturated carbocycles. The van der Waals surface area contributed by atoms with Crippen LogP contribution in [0.25, 0.3) is 54.2 Å². The molecule has 0 heterocycles. The third-order valence-electron chi connectivity index (χ3n) is 7.13. The van der Waals surface area contributed by atoms with Crippen molar-refractivity contribution in [3.63, 3.8) is 0 Å². The zero-order valence-electron chi connectivity index (χ0n) is 48.1. The van der Waals surface area contributed by atoms with Crippen LogP contribution in [0.2, 0.25) is 0 Å². The van der Waals surface area contributed by atoms with Crippen molar-refractivity contribution in [3.05, 3.63) is 179 Å². The lowest BCUT2D eigenvalue weighted by atomic mass is 9.86. The van der Waals surface area contributed by atoms with Crippen molar-refractivity contribution in [1.82, 2.24) is 0 Å². The first kappa shape index (κ1) is 10.2. The Morgan fingerprint density at radius 2 is 0.907 bits per heavy atom. The minimum atomic E-state index is -0.884. The van der Waals surface area contributed by atoms with Gasteiger partial charge in [-0.05, 0) is 102 Å². The second-order valence-corrected chi connectivity index (χ2v) is 9.59. The van der Waals surface area contributed by atoms with Crippen molar-refractivity contribution in [2.24, 2.45) is 0 Å². The topological polar surface area (TPSA) is 0 Å². The van der Waals surface area contributed by atoms with Crippen LogP contribution < -0.4 is 0 Å². The SMILES string of the molecule is [2H]c1c([2H])c(-c2c([2H])c([2H])c3c([2H])c([2H])c([2H])c([2H])c3c2[2H])c([2H])c([2H])c1Cc1c2c([2H])c([2H])c([2H])c([2H])c2c(CCc2c([2H])c([2H])c([2H])c3c([2H])c([2H])c([2H])c([2H])c23)c2c([2H])c([2H])c([2H])c([2H])c12. The summed E-state index contributed by atoms with van der Waals surface area (Å²) < 4.78 is 228. The van der Waals surface area contributed by atoms with E-state index >= 15 is 0 Å². The van der Waals surface area contributed by atoms with Gasteiger partial charge in [-0.15, -0.1) is 0 Å². The van der Waals surface area contributed by atoms with Crippen LogP contribution >= 0.6 is 0 Å². The van der Waals surface area contributed by atoms with Gasteiger partial charge in [-0.2, -0.15) is 0 Å². The van der Waals surface area contributed by atoms with Crippen molar-refractivity contribution < 1.29 is 35.6 Å². The van der Waals surface area contributed by atoms with Crippen molar-refractivity contribution in [1.29, 1.82) is 0 Å². The monoisotopic (exact) mass is 574 g/mol. The smallest absolute Gasteiger partial charge is 0.0616 e. The number of rotatable bonds is 6. The Morgan fingerprint density at radius 1 is 0.372 bits per heavy atom. The third-order valence-corrected chi connectivity index (χ3v) is 7.13. The van der Waals surface area contributed by atoms with E-state index in [0.29, 0.717) is 0 Å². The Morgan fingerprint density at radius 3 is 1.60 bits per heavy atom. The fraction of sp³-hybridized carbons (Fsp3) is 0.0698. The summed E-state index contributed by atoms with van der Waals surface area (Å²) in [5, 5.41) is -2.97. The lowest BCUT2D eigenvalue weighted by Crippen LogP contribution is -1.99. The molecule has 0 aliphatic heterocycles. The van der Waals surface area contributed by atoms with E-state index in [2.05, 4.69) is 0 Å². The highest BCUT2D eigenvalue weighted by Crippen LogP contribution is 2.36. The molecule has 0 amide bonds. The maximum atomic E-state index is 9.23. The van der Waals surface area contributed by atoms with E-state index in [9.17, 15) is 8.22 Å². The molecular weight excluding hydrogens is 516 g/mol. The van der Waals surface area contributed by atoms with Crippen LogP contribution in [0.3, 0.4) is 0 Å². The van der Waals surface area contributed by atoms with E-state index < -0.39 is 204 Å². The first-order chi connectivity index (χ1) is 32.1. The van der Waals surface area contributed by atoms with E-state index in [4.69, 9.17) is 27.4 Å². The summed E-state index contributed by atoms with van der Waals surface area (Å²) >= 11 is 0. The predicted molar refractivity (Wildman–Crippen MR) is 185 cm³/mol. The second kappa shape index (κ2) is 10.9. The van der Waals surface area contributed by atoms with Crippen molar-refractivity contribution in [3.8, 4) is 11.1 Å². The quantitative estimate of drug-likeness (QED) is 0.173. The van der Waals surface area contributed by atoms with Gasteiger partial charge in [0.15, 0.2) is 0 Å². The summed E-state index contributed by atoms with van der Waals surface area (Å²) in [5.41, 5.74) is -2.40. The summed E-state index contributed by atoms with van der Waals surface area (Å²) in [6, 6.07) is -19.5. The molecule has 0 spiro atoms. The summed E-state index contributed by atoms with van der Waals surface area (Å²) in [6.07, 6.45) is -1.68. The molecule has 8 aromatic carbocycles. The van der Waals surface area contributed by atoms with E-state index in [0.717, 1.165) is 0 Å². The van der Waals surface area contributed by atoms with Gasteiger partial charge in [-0.25, -0.2) is 0 Å². The number of hydrogen-bond acceptors (Lipinski definition) is 0. The molecule has 0 aliphatic carbocycles. The molecule has 0 nitrogen and oxygen atoms in total. The maximum Gasteiger partial charge on any atom is 0.0636 e. The van der Waals surface area contributed by atoms with E-state index in [1.165, 1.54) is 0 Å². The third kappa shape index (κ3) is 4.76. The Kier molecular flexibility index (Phi) is 2.59. The predicted octanol–water partition coefficient (Wildman–Crippen LogP) is 11.3. The molecule has 0 radical (unpaired) electrons. The lowest BCUT2D eigenvalue weighted by Gasteiger charge is -2.18. The van der Waals surface area contributed by atoms with Crippen molar-refractivity contribution >= 4 is 43.1 Å². The minimum absolute atomic E-state index is 0.140. The van der Waals surface area contributed by atoms with Gasteiger partial charge in [0.2, 0.25) is 0 Å². The number of benzene rings is 8. The molecule has 0 unspecified atom stereocenters. The standard InChI is InChI=1S/C43H32/c1-2-12-35-29-36(25-24-31(35)10-1)32-22-20-30(21-23-32)28-43-40-18-7-5-16-38(40)42(39-17-6-8-19-41(39)43)27-26-34-14-9-13-33-11-3-4-15-37(33)34/h1-25,29H,26-28H2/i1D,2D,3D,4D,5D,6D,7D,8D,9D,10D,11D,12D,13D,14D,15D,16D,17D,18D,19D,20D,21D,22D,23D,24D,25D,29D. The number of fused-ring (bicyclic) bond motifs is 4. The van der Waals surface area contributed by atoms with Crippen LogP contribution in [0, 0.1) is 0 Å². The fourth-order valence-electron chi connectivity index (χ4n) is 5.14. The number of aryl methyl sites for hydroxylation is 2. The molecule has 8 aromatic rings. The molecule has 0 atom stereocenters. The summed E-state index contributed by atoms with van der Waals surface area (Å²) in [7, 11) is 0. The zero-order valence-corrected chi connectivity index (χ0v) is 22.1. The molecule has 0 aromatic heterocycles. The number of hydrogen-bond donors (Lipinski definition) is 0. The van der Waals surface area contributed by atoms with Gasteiger partial charge in [0, 0.05) is 0 Å². The summed E-state index contributed by atoms with van der Waals surface area (Å²) in [4.78, 5) is 0. The second-order valence-electron chi connectivity index (χ2n) is 9.59. The largest absolute Gasteiger partial charge is 0.0636 e. The van der Waals surface area contributed by atoms with Crippen LogP contribution in [0.5, 0.6) is 0 Å². The molecule has 43 heavy (non-hydrogen) atoms. The van der Waals surface area contributed by atoms with Crippen LogP contribution in [0.4, 0.5) is 0 Å². The molecule has 0 N–H and O–H groups in total. The van der Waals surface area contributed by atoms with Gasteiger partial charge in [0.1, 0.15) is 0 Å². The highest BCUT2D eigenvalue weighted by atomic mass is 14.2. The molecule has 0 aliphatic rings. The van der Waals surface area contributed by atoms with E-state index in [-0.39, 0.29) is 49.0 Å². The molecule has 0 saturated heterocycles. The Balaban J connectivity index is 1.45. The maximum absolute atomic E-state index is 9.23. The average molecular weight is 575 g/mol. The molecule has 0 heteroatoms. The van der Waals surface area contributed by atoms with E-state index in [1.54, 1.807) is 0 Å². The van der Waals surface area contributed by atoms with Gasteiger partial charge >= 0.3 is 0 Å². The van der Waals surface area contributed by atoms with Gasteiger partial charge in [0.05, 0.1) is 35.6 Å². The Bertz CT molecular complexity index is 3590. The average Bonchev–Trinajstić information content (AvgIpc) is 3.32. The molecule has 0 fully saturated rings. The molecule has 8 rings (SSSR count). The Labute approximate surface area is 289 Å². The lowest BCUT2D eigenvalue weighted by molar-refractivity contribution is 0.986. The zero-order chi connectivity index (χ0) is 51.2. The summed E-state index contributed by atoms with van der Waals surface area (Å²) in [6.45, 7) is 0. The van der Waals surface area contributed by atoms with Gasteiger partial charge in [0.25, 0.3) is 0 Å². The first-order valence-corrected chi connectivity index (χ1v) is 13.2. The summed E-state index contributed by atoms with van der Waals surface area (Å²) in [5.74, 6) is 0. The minimum Gasteiger partial charge on any atom is -0.0616 e.